The predicted molar refractivity (Wildman–Crippen MR) is 55.5 cm³/mol. The summed E-state index contributed by atoms with van der Waals surface area (Å²) >= 11 is 1.36. The fourth-order valence-corrected chi connectivity index (χ4v) is 2.29. The van der Waals surface area contributed by atoms with Gasteiger partial charge in [-0.3, -0.25) is 4.79 Å². The van der Waals surface area contributed by atoms with Gasteiger partial charge in [-0.15, -0.1) is 0 Å². The number of carbonyl (C=O) groups is 1. The van der Waals surface area contributed by atoms with E-state index in [0.29, 0.717) is 6.61 Å². The third-order valence-electron chi connectivity index (χ3n) is 1.94. The highest BCUT2D eigenvalue weighted by molar-refractivity contribution is 8.15. The summed E-state index contributed by atoms with van der Waals surface area (Å²) in [6, 6.07) is 0. The van der Waals surface area contributed by atoms with Crippen molar-refractivity contribution in [1.82, 2.24) is 0 Å². The van der Waals surface area contributed by atoms with E-state index >= 15 is 0 Å². The van der Waals surface area contributed by atoms with Crippen LogP contribution in [-0.4, -0.2) is 17.0 Å². The smallest absolute Gasteiger partial charge is 0.219 e. The maximum Gasteiger partial charge on any atom is 0.219 e. The van der Waals surface area contributed by atoms with Gasteiger partial charge in [-0.25, -0.2) is 0 Å². The summed E-state index contributed by atoms with van der Waals surface area (Å²) < 4.78 is 5.46. The van der Waals surface area contributed by atoms with Crippen LogP contribution >= 0.6 is 11.8 Å². The first-order chi connectivity index (χ1) is 6.20. The lowest BCUT2D eigenvalue weighted by Gasteiger charge is -2.11. The van der Waals surface area contributed by atoms with Crippen molar-refractivity contribution in [3.63, 3.8) is 0 Å². The second-order valence-corrected chi connectivity index (χ2v) is 4.07. The van der Waals surface area contributed by atoms with Gasteiger partial charge in [0.2, 0.25) is 5.12 Å². The quantitative estimate of drug-likeness (QED) is 0.649. The summed E-state index contributed by atoms with van der Waals surface area (Å²) in [4.78, 5) is 11.3. The van der Waals surface area contributed by atoms with E-state index < -0.39 is 0 Å². The molecule has 72 valence electrons. The Morgan fingerprint density at radius 1 is 1.69 bits per heavy atom. The monoisotopic (exact) mass is 198 g/mol. The molecule has 0 aromatic heterocycles. The van der Waals surface area contributed by atoms with Crippen molar-refractivity contribution in [3.8, 4) is 0 Å². The lowest BCUT2D eigenvalue weighted by molar-refractivity contribution is -0.107. The van der Waals surface area contributed by atoms with Crippen molar-refractivity contribution in [2.75, 3.05) is 6.61 Å². The Bertz CT molecular complexity index is 256. The maximum absolute atomic E-state index is 11.3. The van der Waals surface area contributed by atoms with Gasteiger partial charge in [0.05, 0.1) is 5.25 Å². The van der Waals surface area contributed by atoms with E-state index in [-0.39, 0.29) is 10.4 Å². The molecular formula is C10H14O2S. The highest BCUT2D eigenvalue weighted by Gasteiger charge is 2.30. The summed E-state index contributed by atoms with van der Waals surface area (Å²) in [5, 5.41) is 0.360. The van der Waals surface area contributed by atoms with E-state index in [0.717, 1.165) is 17.8 Å². The van der Waals surface area contributed by atoms with Crippen LogP contribution < -0.4 is 0 Å². The number of hydrogen-bond acceptors (Lipinski definition) is 3. The van der Waals surface area contributed by atoms with Crippen LogP contribution in [0.3, 0.4) is 0 Å². The zero-order valence-electron chi connectivity index (χ0n) is 8.00. The van der Waals surface area contributed by atoms with Crippen molar-refractivity contribution < 1.29 is 9.53 Å². The fraction of sp³-hybridized carbons (Fsp3) is 0.500. The number of hydrogen-bond donors (Lipinski definition) is 0. The first kappa shape index (κ1) is 10.4. The molecule has 0 radical (unpaired) electrons. The van der Waals surface area contributed by atoms with Crippen LogP contribution in [0.1, 0.15) is 20.3 Å². The topological polar surface area (TPSA) is 26.3 Å². The molecule has 1 unspecified atom stereocenters. The van der Waals surface area contributed by atoms with Crippen LogP contribution in [0.25, 0.3) is 0 Å². The molecule has 0 aromatic rings. The second-order valence-electron chi connectivity index (χ2n) is 2.89. The van der Waals surface area contributed by atoms with Crippen LogP contribution in [0, 0.1) is 0 Å². The average molecular weight is 198 g/mol. The minimum Gasteiger partial charge on any atom is -0.492 e. The number of carbonyl (C=O) groups excluding carboxylic acids is 1. The number of thioether (sulfide) groups is 1. The Kier molecular flexibility index (Phi) is 3.60. The Balaban J connectivity index is 2.74. The van der Waals surface area contributed by atoms with Crippen LogP contribution in [0.4, 0.5) is 0 Å². The van der Waals surface area contributed by atoms with Gasteiger partial charge in [0.1, 0.15) is 12.4 Å². The Hall–Kier alpha value is -0.700. The molecule has 0 N–H and O–H groups in total. The Morgan fingerprint density at radius 3 is 2.92 bits per heavy atom. The van der Waals surface area contributed by atoms with Crippen molar-refractivity contribution in [3.05, 3.63) is 24.0 Å². The van der Waals surface area contributed by atoms with Gasteiger partial charge in [0, 0.05) is 5.57 Å². The van der Waals surface area contributed by atoms with Crippen molar-refractivity contribution in [1.29, 1.82) is 0 Å². The molecule has 1 aliphatic rings. The molecule has 1 heterocycles. The molecule has 2 nitrogen and oxygen atoms in total. The highest BCUT2D eigenvalue weighted by atomic mass is 32.2. The molecule has 3 heteroatoms. The number of rotatable bonds is 4. The Morgan fingerprint density at radius 2 is 2.38 bits per heavy atom. The van der Waals surface area contributed by atoms with Gasteiger partial charge >= 0.3 is 0 Å². The minimum atomic E-state index is 0.144. The van der Waals surface area contributed by atoms with E-state index in [2.05, 4.69) is 13.5 Å². The first-order valence-corrected chi connectivity index (χ1v) is 5.24. The second kappa shape index (κ2) is 4.51. The normalized spacial score (nSPS) is 22.3. The zero-order valence-corrected chi connectivity index (χ0v) is 8.82. The summed E-state index contributed by atoms with van der Waals surface area (Å²) in [7, 11) is 0. The molecule has 0 aromatic carbocycles. The fourth-order valence-electron chi connectivity index (χ4n) is 1.23. The van der Waals surface area contributed by atoms with Gasteiger partial charge < -0.3 is 4.74 Å². The number of ether oxygens (including phenoxy) is 1. The average Bonchev–Trinajstić information content (AvgIpc) is 2.40. The largest absolute Gasteiger partial charge is 0.492 e. The molecule has 0 fully saturated rings. The van der Waals surface area contributed by atoms with Crippen LogP contribution in [-0.2, 0) is 9.53 Å². The molecular weight excluding hydrogens is 184 g/mol. The van der Waals surface area contributed by atoms with E-state index in [4.69, 9.17) is 4.74 Å². The highest BCUT2D eigenvalue weighted by Crippen LogP contribution is 2.36. The summed E-state index contributed by atoms with van der Waals surface area (Å²) in [5.74, 6) is 0.845. The van der Waals surface area contributed by atoms with E-state index in [1.165, 1.54) is 11.8 Å². The van der Waals surface area contributed by atoms with Gasteiger partial charge in [0.25, 0.3) is 0 Å². The van der Waals surface area contributed by atoms with Gasteiger partial charge in [-0.2, -0.15) is 0 Å². The van der Waals surface area contributed by atoms with E-state index in [1.807, 2.05) is 6.92 Å². The molecule has 0 saturated carbocycles. The van der Waals surface area contributed by atoms with Crippen LogP contribution in [0.2, 0.25) is 0 Å². The molecule has 0 saturated heterocycles. The third kappa shape index (κ3) is 2.15. The molecule has 1 rings (SSSR count). The predicted octanol–water partition coefficient (Wildman–Crippen LogP) is 2.52. The van der Waals surface area contributed by atoms with Crippen molar-refractivity contribution >= 4 is 16.9 Å². The van der Waals surface area contributed by atoms with Crippen LogP contribution in [0.15, 0.2) is 24.0 Å². The Labute approximate surface area is 83.0 Å². The standard InChI is InChI=1S/C10H14O2S/c1-4-6-12-9-7(3)10(11)13-8(9)5-2/h4,8H,1,5-6H2,2-3H3. The minimum absolute atomic E-state index is 0.144. The third-order valence-corrected chi connectivity index (χ3v) is 3.30. The molecule has 0 bridgehead atoms. The molecule has 0 aliphatic carbocycles. The lowest BCUT2D eigenvalue weighted by atomic mass is 10.2. The first-order valence-electron chi connectivity index (χ1n) is 4.36. The van der Waals surface area contributed by atoms with Crippen molar-refractivity contribution in [2.45, 2.75) is 25.5 Å². The summed E-state index contributed by atoms with van der Waals surface area (Å²) in [6.45, 7) is 7.94. The van der Waals surface area contributed by atoms with E-state index in [1.54, 1.807) is 6.08 Å². The van der Waals surface area contributed by atoms with Gasteiger partial charge in [0.15, 0.2) is 0 Å². The van der Waals surface area contributed by atoms with Crippen LogP contribution in [0.5, 0.6) is 0 Å². The maximum atomic E-state index is 11.3. The summed E-state index contributed by atoms with van der Waals surface area (Å²) in [5.41, 5.74) is 0.763. The summed E-state index contributed by atoms with van der Waals surface area (Å²) in [6.07, 6.45) is 2.63. The molecule has 1 atom stereocenters. The van der Waals surface area contributed by atoms with Gasteiger partial charge in [-0.1, -0.05) is 31.3 Å². The van der Waals surface area contributed by atoms with Gasteiger partial charge in [-0.05, 0) is 13.3 Å². The zero-order chi connectivity index (χ0) is 9.84. The van der Waals surface area contributed by atoms with Crippen molar-refractivity contribution in [2.24, 2.45) is 0 Å². The molecule has 1 aliphatic heterocycles. The molecule has 13 heavy (non-hydrogen) atoms. The molecule has 0 spiro atoms. The molecule has 0 amide bonds. The SMILES string of the molecule is C=CCOC1=C(C)C(=O)SC1CC. The van der Waals surface area contributed by atoms with E-state index in [9.17, 15) is 4.79 Å². The lowest BCUT2D eigenvalue weighted by Crippen LogP contribution is -2.05.